The van der Waals surface area contributed by atoms with Crippen molar-refractivity contribution < 1.29 is 19.1 Å². The zero-order valence-corrected chi connectivity index (χ0v) is 23.5. The van der Waals surface area contributed by atoms with Crippen molar-refractivity contribution in [1.82, 2.24) is 15.2 Å². The van der Waals surface area contributed by atoms with Gasteiger partial charge in [-0.15, -0.1) is 0 Å². The Morgan fingerprint density at radius 2 is 1.76 bits per heavy atom. The van der Waals surface area contributed by atoms with E-state index >= 15 is 0 Å². The number of anilines is 1. The zero-order valence-electron chi connectivity index (χ0n) is 23.5. The third-order valence-electron chi connectivity index (χ3n) is 7.98. The van der Waals surface area contributed by atoms with Crippen molar-refractivity contribution in [3.63, 3.8) is 0 Å². The summed E-state index contributed by atoms with van der Waals surface area (Å²) in [7, 11) is 0. The minimum Gasteiger partial charge on any atom is -0.379 e. The van der Waals surface area contributed by atoms with Crippen LogP contribution in [0.4, 0.5) is 10.5 Å². The van der Waals surface area contributed by atoms with Crippen LogP contribution in [0.5, 0.6) is 0 Å². The van der Waals surface area contributed by atoms with Gasteiger partial charge in [-0.05, 0) is 74.2 Å². The fourth-order valence-corrected chi connectivity index (χ4v) is 5.99. The van der Waals surface area contributed by atoms with Crippen molar-refractivity contribution in [3.8, 4) is 0 Å². The van der Waals surface area contributed by atoms with Gasteiger partial charge in [-0.1, -0.05) is 42.5 Å². The molecule has 1 saturated heterocycles. The number of carbonyl (C=O) groups is 3. The topological polar surface area (TPSA) is 94.7 Å². The Balaban J connectivity index is 1.28. The highest BCUT2D eigenvalue weighted by atomic mass is 16.5. The van der Waals surface area contributed by atoms with Crippen LogP contribution in [0, 0.1) is 6.92 Å². The van der Waals surface area contributed by atoms with Crippen molar-refractivity contribution >= 4 is 34.4 Å². The number of benzene rings is 3. The van der Waals surface area contributed by atoms with Gasteiger partial charge in [0.15, 0.2) is 0 Å². The summed E-state index contributed by atoms with van der Waals surface area (Å²) in [6.07, 6.45) is 1.31. The number of fused-ring (bicyclic) bond motifs is 4. The Morgan fingerprint density at radius 3 is 2.51 bits per heavy atom. The average molecular weight is 551 g/mol. The highest BCUT2D eigenvalue weighted by Gasteiger charge is 2.53. The number of nitrogens with one attached hydrogen (secondary N) is 2. The van der Waals surface area contributed by atoms with Gasteiger partial charge in [0.05, 0.1) is 11.8 Å². The Kier molecular flexibility index (Phi) is 7.09. The summed E-state index contributed by atoms with van der Waals surface area (Å²) in [5.74, 6) is -0.463. The normalized spacial score (nSPS) is 18.2. The van der Waals surface area contributed by atoms with E-state index < -0.39 is 12.1 Å². The maximum absolute atomic E-state index is 14.1. The Bertz CT molecular complexity index is 1620. The molecule has 3 heterocycles. The zero-order chi connectivity index (χ0) is 28.7. The number of aryl methyl sites for hydroxylation is 1. The number of amides is 4. The summed E-state index contributed by atoms with van der Waals surface area (Å²) < 4.78 is 5.51. The molecule has 2 aliphatic heterocycles. The number of imide groups is 1. The van der Waals surface area contributed by atoms with Gasteiger partial charge in [0.1, 0.15) is 12.1 Å². The summed E-state index contributed by atoms with van der Waals surface area (Å²) in [5, 5.41) is 3.97. The van der Waals surface area contributed by atoms with Gasteiger partial charge < -0.3 is 15.0 Å². The molecule has 2 aliphatic rings. The van der Waals surface area contributed by atoms with Crippen molar-refractivity contribution in [2.24, 2.45) is 0 Å². The number of rotatable bonds is 8. The number of para-hydroxylation sites is 1. The number of hydrogen-bond acceptors (Lipinski definition) is 4. The first-order valence-electron chi connectivity index (χ1n) is 14.2. The number of aromatic amines is 1. The van der Waals surface area contributed by atoms with Crippen LogP contribution in [-0.2, 0) is 16.0 Å². The van der Waals surface area contributed by atoms with Crippen LogP contribution in [-0.4, -0.2) is 53.0 Å². The second-order valence-electron chi connectivity index (χ2n) is 11.0. The molecule has 6 rings (SSSR count). The molecule has 0 aliphatic carbocycles. The molecule has 1 fully saturated rings. The molecule has 1 aromatic heterocycles. The summed E-state index contributed by atoms with van der Waals surface area (Å²) in [6, 6.07) is 21.3. The van der Waals surface area contributed by atoms with Crippen LogP contribution >= 0.6 is 0 Å². The molecule has 210 valence electrons. The van der Waals surface area contributed by atoms with Gasteiger partial charge in [-0.3, -0.25) is 14.5 Å². The molecule has 0 saturated carbocycles. The van der Waals surface area contributed by atoms with E-state index in [1.165, 1.54) is 4.90 Å². The van der Waals surface area contributed by atoms with Gasteiger partial charge in [-0.2, -0.15) is 0 Å². The molecule has 3 aromatic carbocycles. The number of aromatic nitrogens is 1. The molecule has 0 radical (unpaired) electrons. The highest BCUT2D eigenvalue weighted by molar-refractivity contribution is 6.22. The van der Waals surface area contributed by atoms with E-state index in [9.17, 15) is 14.4 Å². The van der Waals surface area contributed by atoms with Gasteiger partial charge >= 0.3 is 6.03 Å². The second kappa shape index (κ2) is 10.9. The molecule has 4 aromatic rings. The van der Waals surface area contributed by atoms with Gasteiger partial charge in [0.2, 0.25) is 0 Å². The van der Waals surface area contributed by atoms with Crippen LogP contribution < -0.4 is 10.2 Å². The van der Waals surface area contributed by atoms with E-state index in [2.05, 4.69) is 16.4 Å². The van der Waals surface area contributed by atoms with Gasteiger partial charge in [0.25, 0.3) is 11.8 Å². The highest BCUT2D eigenvalue weighted by Crippen LogP contribution is 2.45. The molecule has 0 spiro atoms. The van der Waals surface area contributed by atoms with Gasteiger partial charge in [0, 0.05) is 41.7 Å². The second-order valence-corrected chi connectivity index (χ2v) is 11.0. The summed E-state index contributed by atoms with van der Waals surface area (Å²) >= 11 is 0. The lowest BCUT2D eigenvalue weighted by Gasteiger charge is -2.36. The fraction of sp³-hybridized carbons (Fsp3) is 0.303. The predicted octanol–water partition coefficient (Wildman–Crippen LogP) is 5.50. The van der Waals surface area contributed by atoms with E-state index in [0.717, 1.165) is 39.7 Å². The number of H-pyrrole nitrogens is 1. The molecule has 8 nitrogen and oxygen atoms in total. The maximum atomic E-state index is 14.1. The SMILES string of the molecule is Cc1ccccc1C1c2[nH]c3ccccc3c2CC2C(=O)N(c3ccc(C(=O)NCCCOC(C)C)cc3)C(=O)N21. The van der Waals surface area contributed by atoms with E-state index in [1.807, 2.05) is 63.2 Å². The van der Waals surface area contributed by atoms with Crippen LogP contribution in [0.3, 0.4) is 0 Å². The molecular formula is C33H34N4O4. The first-order chi connectivity index (χ1) is 19.8. The summed E-state index contributed by atoms with van der Waals surface area (Å²) in [5.41, 5.74) is 5.97. The Hall–Kier alpha value is -4.43. The lowest BCUT2D eigenvalue weighted by molar-refractivity contribution is -0.120. The molecule has 41 heavy (non-hydrogen) atoms. The average Bonchev–Trinajstić information content (AvgIpc) is 3.46. The van der Waals surface area contributed by atoms with Crippen molar-refractivity contribution in [1.29, 1.82) is 0 Å². The minimum atomic E-state index is -0.630. The predicted molar refractivity (Wildman–Crippen MR) is 158 cm³/mol. The molecule has 2 unspecified atom stereocenters. The molecule has 4 amide bonds. The van der Waals surface area contributed by atoms with E-state index in [4.69, 9.17) is 4.74 Å². The van der Waals surface area contributed by atoms with Crippen LogP contribution in [0.25, 0.3) is 10.9 Å². The van der Waals surface area contributed by atoms with Crippen molar-refractivity contribution in [2.45, 2.75) is 51.8 Å². The lowest BCUT2D eigenvalue weighted by atomic mass is 9.87. The van der Waals surface area contributed by atoms with Crippen LogP contribution in [0.1, 0.15) is 59.1 Å². The van der Waals surface area contributed by atoms with E-state index in [0.29, 0.717) is 30.8 Å². The molecule has 8 heteroatoms. The van der Waals surface area contributed by atoms with E-state index in [1.54, 1.807) is 29.2 Å². The third-order valence-corrected chi connectivity index (χ3v) is 7.98. The summed E-state index contributed by atoms with van der Waals surface area (Å²) in [4.78, 5) is 47.2. The van der Waals surface area contributed by atoms with Crippen LogP contribution in [0.15, 0.2) is 72.8 Å². The molecular weight excluding hydrogens is 516 g/mol. The largest absolute Gasteiger partial charge is 0.379 e. The number of nitrogens with zero attached hydrogens (tertiary/aromatic N) is 2. The van der Waals surface area contributed by atoms with Crippen molar-refractivity contribution in [2.75, 3.05) is 18.1 Å². The third kappa shape index (κ3) is 4.78. The molecule has 2 N–H and O–H groups in total. The van der Waals surface area contributed by atoms with Crippen LogP contribution in [0.2, 0.25) is 0 Å². The number of ether oxygens (including phenoxy) is 1. The Labute approximate surface area is 239 Å². The smallest absolute Gasteiger partial charge is 0.332 e. The standard InChI is InChI=1S/C33H34N4O4/c1-20(2)41-18-8-17-34-31(38)22-13-15-23(16-14-22)36-32(39)28-19-26-25-11-6-7-12-27(25)35-29(26)30(37(28)33(36)40)24-10-5-4-9-21(24)3/h4-7,9-16,20,28,30,35H,8,17-19H2,1-3H3,(H,34,38). The molecule has 0 bridgehead atoms. The van der Waals surface area contributed by atoms with Gasteiger partial charge in [-0.25, -0.2) is 9.69 Å². The molecule has 2 atom stereocenters. The van der Waals surface area contributed by atoms with E-state index in [-0.39, 0.29) is 23.9 Å². The number of urea groups is 1. The number of hydrogen-bond donors (Lipinski definition) is 2. The quantitative estimate of drug-likeness (QED) is 0.224. The minimum absolute atomic E-state index is 0.158. The fourth-order valence-electron chi connectivity index (χ4n) is 5.99. The monoisotopic (exact) mass is 550 g/mol. The summed E-state index contributed by atoms with van der Waals surface area (Å²) in [6.45, 7) is 7.06. The first kappa shape index (κ1) is 26.8. The Morgan fingerprint density at radius 1 is 1.02 bits per heavy atom. The number of carbonyl (C=O) groups excluding carboxylic acids is 3. The lowest BCUT2D eigenvalue weighted by Crippen LogP contribution is -2.44. The van der Waals surface area contributed by atoms with Crippen molar-refractivity contribution in [3.05, 3.63) is 101 Å². The maximum Gasteiger partial charge on any atom is 0.332 e. The first-order valence-corrected chi connectivity index (χ1v) is 14.2.